The molecule has 1 aromatic heterocycles. The van der Waals surface area contributed by atoms with Crippen molar-refractivity contribution in [3.63, 3.8) is 0 Å². The number of hydrogen-bond donors (Lipinski definition) is 2. The van der Waals surface area contributed by atoms with Gasteiger partial charge < -0.3 is 11.1 Å². The van der Waals surface area contributed by atoms with Crippen molar-refractivity contribution < 1.29 is 4.79 Å². The van der Waals surface area contributed by atoms with E-state index < -0.39 is 0 Å². The molecule has 24 heavy (non-hydrogen) atoms. The van der Waals surface area contributed by atoms with Gasteiger partial charge in [-0.25, -0.2) is 0 Å². The Morgan fingerprint density at radius 3 is 2.46 bits per heavy atom. The Labute approximate surface area is 155 Å². The van der Waals surface area contributed by atoms with Gasteiger partial charge in [-0.05, 0) is 55.5 Å². The zero-order valence-electron chi connectivity index (χ0n) is 13.6. The smallest absolute Gasteiger partial charge is 0.251 e. The first-order valence-electron chi connectivity index (χ1n) is 7.71. The average Bonchev–Trinajstić information content (AvgIpc) is 2.93. The number of amides is 1. The topological polar surface area (TPSA) is 68.0 Å². The molecule has 1 aliphatic rings. The molecule has 0 radical (unpaired) electrons. The Balaban J connectivity index is 0.00000144. The lowest BCUT2D eigenvalue weighted by Crippen LogP contribution is -2.33. The molecule has 3 rings (SSSR count). The SMILES string of the molecule is Cc1ccncc1-c1ccc(C(=O)N[C@H]2CC[C@@H](N)C2)cc1.Cl.Cl. The van der Waals surface area contributed by atoms with E-state index in [1.165, 1.54) is 5.56 Å². The van der Waals surface area contributed by atoms with Crippen LogP contribution in [0.4, 0.5) is 0 Å². The van der Waals surface area contributed by atoms with Crippen molar-refractivity contribution in [1.29, 1.82) is 0 Å². The van der Waals surface area contributed by atoms with Crippen molar-refractivity contribution in [2.75, 3.05) is 0 Å². The van der Waals surface area contributed by atoms with E-state index in [9.17, 15) is 4.79 Å². The van der Waals surface area contributed by atoms with E-state index in [0.717, 1.165) is 30.4 Å². The van der Waals surface area contributed by atoms with E-state index >= 15 is 0 Å². The molecule has 0 bridgehead atoms. The first-order chi connectivity index (χ1) is 10.6. The van der Waals surface area contributed by atoms with Crippen LogP contribution in [0.25, 0.3) is 11.1 Å². The maximum Gasteiger partial charge on any atom is 0.251 e. The Morgan fingerprint density at radius 2 is 1.88 bits per heavy atom. The number of carbonyl (C=O) groups excluding carboxylic acids is 1. The lowest BCUT2D eigenvalue weighted by atomic mass is 10.0. The normalized spacial score (nSPS) is 19.1. The summed E-state index contributed by atoms with van der Waals surface area (Å²) in [6, 6.07) is 10.1. The van der Waals surface area contributed by atoms with Gasteiger partial charge in [0.05, 0.1) is 0 Å². The minimum atomic E-state index is -0.0199. The van der Waals surface area contributed by atoms with Gasteiger partial charge in [-0.2, -0.15) is 0 Å². The molecule has 2 aromatic rings. The van der Waals surface area contributed by atoms with E-state index in [4.69, 9.17) is 5.73 Å². The zero-order chi connectivity index (χ0) is 15.5. The van der Waals surface area contributed by atoms with E-state index in [1.807, 2.05) is 36.5 Å². The minimum absolute atomic E-state index is 0. The Hall–Kier alpha value is -1.62. The van der Waals surface area contributed by atoms with Crippen molar-refractivity contribution >= 4 is 30.7 Å². The quantitative estimate of drug-likeness (QED) is 0.871. The molecule has 130 valence electrons. The highest BCUT2D eigenvalue weighted by atomic mass is 35.5. The van der Waals surface area contributed by atoms with Crippen molar-refractivity contribution in [3.8, 4) is 11.1 Å². The Morgan fingerprint density at radius 1 is 1.17 bits per heavy atom. The number of benzene rings is 1. The van der Waals surface area contributed by atoms with Crippen LogP contribution in [0.3, 0.4) is 0 Å². The van der Waals surface area contributed by atoms with E-state index in [0.29, 0.717) is 5.56 Å². The number of pyridine rings is 1. The number of carbonyl (C=O) groups is 1. The third-order valence-electron chi connectivity index (χ3n) is 4.31. The van der Waals surface area contributed by atoms with Crippen molar-refractivity contribution in [2.45, 2.75) is 38.3 Å². The van der Waals surface area contributed by atoms with Crippen LogP contribution in [0.2, 0.25) is 0 Å². The second-order valence-electron chi connectivity index (χ2n) is 6.01. The van der Waals surface area contributed by atoms with Crippen LogP contribution in [-0.2, 0) is 0 Å². The molecule has 3 N–H and O–H groups in total. The molecule has 1 aromatic carbocycles. The molecule has 1 heterocycles. The molecule has 4 nitrogen and oxygen atoms in total. The lowest BCUT2D eigenvalue weighted by molar-refractivity contribution is 0.0937. The summed E-state index contributed by atoms with van der Waals surface area (Å²) in [7, 11) is 0. The monoisotopic (exact) mass is 367 g/mol. The van der Waals surface area contributed by atoms with Gasteiger partial charge in [-0.1, -0.05) is 12.1 Å². The number of halogens is 2. The maximum atomic E-state index is 12.3. The van der Waals surface area contributed by atoms with Crippen LogP contribution >= 0.6 is 24.8 Å². The number of nitrogens with one attached hydrogen (secondary N) is 1. The number of aryl methyl sites for hydroxylation is 1. The minimum Gasteiger partial charge on any atom is -0.349 e. The van der Waals surface area contributed by atoms with Gasteiger partial charge in [0.1, 0.15) is 0 Å². The molecule has 1 saturated carbocycles. The fourth-order valence-corrected chi connectivity index (χ4v) is 2.98. The molecule has 0 unspecified atom stereocenters. The summed E-state index contributed by atoms with van der Waals surface area (Å²) in [6.45, 7) is 2.06. The van der Waals surface area contributed by atoms with Gasteiger partial charge >= 0.3 is 0 Å². The number of nitrogens with two attached hydrogens (primary N) is 1. The van der Waals surface area contributed by atoms with Crippen LogP contribution in [0.5, 0.6) is 0 Å². The summed E-state index contributed by atoms with van der Waals surface area (Å²) in [5, 5.41) is 3.06. The predicted octanol–water partition coefficient (Wildman–Crippen LogP) is 3.51. The third-order valence-corrected chi connectivity index (χ3v) is 4.31. The summed E-state index contributed by atoms with van der Waals surface area (Å²) < 4.78 is 0. The second-order valence-corrected chi connectivity index (χ2v) is 6.01. The first-order valence-corrected chi connectivity index (χ1v) is 7.71. The van der Waals surface area contributed by atoms with Crippen molar-refractivity contribution in [1.82, 2.24) is 10.3 Å². The number of hydrogen-bond acceptors (Lipinski definition) is 3. The molecule has 0 spiro atoms. The van der Waals surface area contributed by atoms with Crippen LogP contribution in [0.15, 0.2) is 42.7 Å². The van der Waals surface area contributed by atoms with Crippen LogP contribution < -0.4 is 11.1 Å². The fraction of sp³-hybridized carbons (Fsp3) is 0.333. The van der Waals surface area contributed by atoms with Gasteiger partial charge in [-0.15, -0.1) is 24.8 Å². The van der Waals surface area contributed by atoms with Gasteiger partial charge in [0.2, 0.25) is 0 Å². The highest BCUT2D eigenvalue weighted by Gasteiger charge is 2.23. The van der Waals surface area contributed by atoms with Gasteiger partial charge in [0.25, 0.3) is 5.91 Å². The van der Waals surface area contributed by atoms with Crippen LogP contribution in [-0.4, -0.2) is 23.0 Å². The zero-order valence-corrected chi connectivity index (χ0v) is 15.2. The summed E-state index contributed by atoms with van der Waals surface area (Å²) in [5.41, 5.74) is 9.91. The van der Waals surface area contributed by atoms with E-state index in [-0.39, 0.29) is 42.8 Å². The summed E-state index contributed by atoms with van der Waals surface area (Å²) in [4.78, 5) is 16.4. The summed E-state index contributed by atoms with van der Waals surface area (Å²) >= 11 is 0. The van der Waals surface area contributed by atoms with Crippen LogP contribution in [0, 0.1) is 6.92 Å². The highest BCUT2D eigenvalue weighted by Crippen LogP contribution is 2.23. The fourth-order valence-electron chi connectivity index (χ4n) is 2.98. The second kappa shape index (κ2) is 9.02. The van der Waals surface area contributed by atoms with Crippen LogP contribution in [0.1, 0.15) is 35.2 Å². The maximum absolute atomic E-state index is 12.3. The summed E-state index contributed by atoms with van der Waals surface area (Å²) in [6.07, 6.45) is 6.47. The number of rotatable bonds is 3. The largest absolute Gasteiger partial charge is 0.349 e. The molecular formula is C18H23Cl2N3O. The average molecular weight is 368 g/mol. The molecule has 1 aliphatic carbocycles. The summed E-state index contributed by atoms with van der Waals surface area (Å²) in [5.74, 6) is -0.0199. The van der Waals surface area contributed by atoms with Crippen molar-refractivity contribution in [3.05, 3.63) is 53.9 Å². The van der Waals surface area contributed by atoms with Gasteiger partial charge in [0.15, 0.2) is 0 Å². The Bertz CT molecular complexity index is 676. The lowest BCUT2D eigenvalue weighted by Gasteiger charge is -2.13. The standard InChI is InChI=1S/C18H21N3O.2ClH/c1-12-8-9-20-11-17(12)13-2-4-14(5-3-13)18(22)21-16-7-6-15(19)10-16;;/h2-5,8-9,11,15-16H,6-7,10,19H2,1H3,(H,21,22);2*1H/t15-,16+;;/m1../s1. The number of nitrogens with zero attached hydrogens (tertiary/aromatic N) is 1. The van der Waals surface area contributed by atoms with E-state index in [1.54, 1.807) is 6.20 Å². The molecule has 0 saturated heterocycles. The van der Waals surface area contributed by atoms with Gasteiger partial charge in [-0.3, -0.25) is 9.78 Å². The first kappa shape index (κ1) is 20.4. The van der Waals surface area contributed by atoms with Crippen molar-refractivity contribution in [2.24, 2.45) is 5.73 Å². The molecular weight excluding hydrogens is 345 g/mol. The molecule has 1 fully saturated rings. The molecule has 2 atom stereocenters. The van der Waals surface area contributed by atoms with Gasteiger partial charge in [0, 0.05) is 35.6 Å². The molecule has 0 aliphatic heterocycles. The molecule has 6 heteroatoms. The Kier molecular flexibility index (Phi) is 7.67. The molecule has 1 amide bonds. The highest BCUT2D eigenvalue weighted by molar-refractivity contribution is 5.95. The predicted molar refractivity (Wildman–Crippen MR) is 102 cm³/mol. The third kappa shape index (κ3) is 4.69. The number of aromatic nitrogens is 1. The van der Waals surface area contributed by atoms with E-state index in [2.05, 4.69) is 17.2 Å².